The molecule has 62 valence electrons. The largest absolute Gasteiger partial charge is 0.292 e. The summed E-state index contributed by atoms with van der Waals surface area (Å²) in [6.07, 6.45) is 2.75. The minimum absolute atomic E-state index is 0.673. The second-order valence-corrected chi connectivity index (χ2v) is 3.58. The SMILES string of the molecule is Clc1cc(Cl)c2c(c1)C=NCC2. The van der Waals surface area contributed by atoms with Crippen LogP contribution in [0.2, 0.25) is 10.0 Å². The molecule has 0 saturated carbocycles. The summed E-state index contributed by atoms with van der Waals surface area (Å²) < 4.78 is 0. The highest BCUT2D eigenvalue weighted by molar-refractivity contribution is 6.35. The molecule has 1 aromatic carbocycles. The van der Waals surface area contributed by atoms with E-state index in [4.69, 9.17) is 23.2 Å². The Hall–Kier alpha value is -0.530. The van der Waals surface area contributed by atoms with Gasteiger partial charge in [0, 0.05) is 22.8 Å². The highest BCUT2D eigenvalue weighted by Crippen LogP contribution is 2.26. The fourth-order valence-corrected chi connectivity index (χ4v) is 1.95. The number of hydrogen-bond donors (Lipinski definition) is 0. The van der Waals surface area contributed by atoms with E-state index in [1.807, 2.05) is 12.3 Å². The average molecular weight is 200 g/mol. The number of nitrogens with zero attached hydrogens (tertiary/aromatic N) is 1. The Morgan fingerprint density at radius 2 is 2.08 bits per heavy atom. The summed E-state index contributed by atoms with van der Waals surface area (Å²) in [6.45, 7) is 0.828. The lowest BCUT2D eigenvalue weighted by Crippen LogP contribution is -2.03. The van der Waals surface area contributed by atoms with Crippen LogP contribution in [0.1, 0.15) is 11.1 Å². The first-order valence-corrected chi connectivity index (χ1v) is 4.51. The van der Waals surface area contributed by atoms with Gasteiger partial charge in [-0.1, -0.05) is 23.2 Å². The van der Waals surface area contributed by atoms with Crippen LogP contribution in [0.25, 0.3) is 0 Å². The number of hydrogen-bond acceptors (Lipinski definition) is 1. The zero-order valence-corrected chi connectivity index (χ0v) is 7.86. The van der Waals surface area contributed by atoms with Gasteiger partial charge < -0.3 is 0 Å². The van der Waals surface area contributed by atoms with Crippen LogP contribution in [0.3, 0.4) is 0 Å². The topological polar surface area (TPSA) is 12.4 Å². The van der Waals surface area contributed by atoms with Crippen molar-refractivity contribution in [1.82, 2.24) is 0 Å². The lowest BCUT2D eigenvalue weighted by atomic mass is 10.0. The first kappa shape index (κ1) is 8.09. The first-order valence-electron chi connectivity index (χ1n) is 3.75. The summed E-state index contributed by atoms with van der Waals surface area (Å²) in [6, 6.07) is 3.67. The molecular weight excluding hydrogens is 193 g/mol. The van der Waals surface area contributed by atoms with E-state index in [1.54, 1.807) is 6.07 Å². The van der Waals surface area contributed by atoms with Crippen molar-refractivity contribution in [3.8, 4) is 0 Å². The number of fused-ring (bicyclic) bond motifs is 1. The van der Waals surface area contributed by atoms with Gasteiger partial charge in [0.2, 0.25) is 0 Å². The minimum Gasteiger partial charge on any atom is -0.292 e. The maximum absolute atomic E-state index is 6.00. The Balaban J connectivity index is 2.62. The smallest absolute Gasteiger partial charge is 0.0460 e. The molecule has 1 aliphatic rings. The third-order valence-electron chi connectivity index (χ3n) is 1.92. The molecule has 0 bridgehead atoms. The van der Waals surface area contributed by atoms with E-state index < -0.39 is 0 Å². The molecule has 0 unspecified atom stereocenters. The fraction of sp³-hybridized carbons (Fsp3) is 0.222. The van der Waals surface area contributed by atoms with E-state index in [0.29, 0.717) is 5.02 Å². The van der Waals surface area contributed by atoms with Crippen molar-refractivity contribution in [3.63, 3.8) is 0 Å². The van der Waals surface area contributed by atoms with Crippen LogP contribution >= 0.6 is 23.2 Å². The zero-order valence-electron chi connectivity index (χ0n) is 6.35. The molecule has 3 heteroatoms. The van der Waals surface area contributed by atoms with Crippen LogP contribution in [0.5, 0.6) is 0 Å². The normalized spacial score (nSPS) is 14.5. The van der Waals surface area contributed by atoms with Crippen molar-refractivity contribution < 1.29 is 0 Å². The third kappa shape index (κ3) is 1.35. The van der Waals surface area contributed by atoms with E-state index in [-0.39, 0.29) is 0 Å². The van der Waals surface area contributed by atoms with Crippen LogP contribution in [-0.2, 0) is 6.42 Å². The van der Waals surface area contributed by atoms with Gasteiger partial charge in [-0.05, 0) is 29.7 Å². The number of benzene rings is 1. The van der Waals surface area contributed by atoms with Gasteiger partial charge >= 0.3 is 0 Å². The summed E-state index contributed by atoms with van der Waals surface area (Å²) in [5.74, 6) is 0. The molecule has 0 spiro atoms. The second kappa shape index (κ2) is 3.08. The Morgan fingerprint density at radius 3 is 2.92 bits per heavy atom. The van der Waals surface area contributed by atoms with Crippen molar-refractivity contribution in [2.45, 2.75) is 6.42 Å². The summed E-state index contributed by atoms with van der Waals surface area (Å²) >= 11 is 11.8. The van der Waals surface area contributed by atoms with Crippen LogP contribution in [0, 0.1) is 0 Å². The van der Waals surface area contributed by atoms with E-state index >= 15 is 0 Å². The van der Waals surface area contributed by atoms with E-state index in [1.165, 1.54) is 0 Å². The Labute approximate surface area is 81.0 Å². The number of aliphatic imine (C=N–C) groups is 1. The minimum atomic E-state index is 0.673. The monoisotopic (exact) mass is 199 g/mol. The van der Waals surface area contributed by atoms with E-state index in [0.717, 1.165) is 29.1 Å². The van der Waals surface area contributed by atoms with Gasteiger partial charge in [0.05, 0.1) is 0 Å². The molecule has 1 heterocycles. The molecule has 1 nitrogen and oxygen atoms in total. The summed E-state index contributed by atoms with van der Waals surface area (Å²) in [5.41, 5.74) is 2.22. The predicted octanol–water partition coefficient (Wildman–Crippen LogP) is 2.97. The lowest BCUT2D eigenvalue weighted by molar-refractivity contribution is 0.953. The van der Waals surface area contributed by atoms with Gasteiger partial charge in [-0.25, -0.2) is 0 Å². The summed E-state index contributed by atoms with van der Waals surface area (Å²) in [5, 5.41) is 1.43. The lowest BCUT2D eigenvalue weighted by Gasteiger charge is -2.11. The molecule has 1 aliphatic heterocycles. The Kier molecular flexibility index (Phi) is 2.07. The number of rotatable bonds is 0. The van der Waals surface area contributed by atoms with Gasteiger partial charge in [0.25, 0.3) is 0 Å². The van der Waals surface area contributed by atoms with Gasteiger partial charge in [-0.3, -0.25) is 4.99 Å². The molecule has 0 radical (unpaired) electrons. The van der Waals surface area contributed by atoms with Gasteiger partial charge in [-0.2, -0.15) is 0 Å². The van der Waals surface area contributed by atoms with E-state index in [9.17, 15) is 0 Å². The molecule has 2 rings (SSSR count). The van der Waals surface area contributed by atoms with Crippen molar-refractivity contribution >= 4 is 29.4 Å². The van der Waals surface area contributed by atoms with Crippen LogP contribution in [-0.4, -0.2) is 12.8 Å². The molecule has 1 aromatic rings. The number of halogens is 2. The van der Waals surface area contributed by atoms with Gasteiger partial charge in [0.1, 0.15) is 0 Å². The molecule has 0 aromatic heterocycles. The average Bonchev–Trinajstić information content (AvgIpc) is 2.04. The van der Waals surface area contributed by atoms with E-state index in [2.05, 4.69) is 4.99 Å². The molecule has 12 heavy (non-hydrogen) atoms. The molecule has 0 atom stereocenters. The maximum Gasteiger partial charge on any atom is 0.0460 e. The summed E-state index contributed by atoms with van der Waals surface area (Å²) in [4.78, 5) is 4.16. The predicted molar refractivity (Wildman–Crippen MR) is 52.6 cm³/mol. The molecule has 0 amide bonds. The van der Waals surface area contributed by atoms with Crippen LogP contribution in [0.4, 0.5) is 0 Å². The molecular formula is C9H7Cl2N. The highest BCUT2D eigenvalue weighted by atomic mass is 35.5. The van der Waals surface area contributed by atoms with Crippen molar-refractivity contribution in [1.29, 1.82) is 0 Å². The second-order valence-electron chi connectivity index (χ2n) is 2.74. The quantitative estimate of drug-likeness (QED) is 0.610. The summed E-state index contributed by atoms with van der Waals surface area (Å²) in [7, 11) is 0. The maximum atomic E-state index is 6.00. The highest BCUT2D eigenvalue weighted by Gasteiger charge is 2.09. The Morgan fingerprint density at radius 1 is 1.25 bits per heavy atom. The van der Waals surface area contributed by atoms with Crippen molar-refractivity contribution in [2.75, 3.05) is 6.54 Å². The van der Waals surface area contributed by atoms with Crippen LogP contribution < -0.4 is 0 Å². The standard InChI is InChI=1S/C9H7Cl2N/c10-7-3-6-5-12-2-1-8(6)9(11)4-7/h3-5H,1-2H2. The molecule has 0 aliphatic carbocycles. The fourth-order valence-electron chi connectivity index (χ4n) is 1.34. The Bertz CT molecular complexity index is 345. The molecule has 0 saturated heterocycles. The molecule has 0 N–H and O–H groups in total. The van der Waals surface area contributed by atoms with Gasteiger partial charge in [-0.15, -0.1) is 0 Å². The van der Waals surface area contributed by atoms with Crippen molar-refractivity contribution in [2.24, 2.45) is 4.99 Å². The first-order chi connectivity index (χ1) is 5.77. The zero-order chi connectivity index (χ0) is 8.55. The third-order valence-corrected chi connectivity index (χ3v) is 2.47. The molecule has 0 fully saturated rings. The van der Waals surface area contributed by atoms with Gasteiger partial charge in [0.15, 0.2) is 0 Å². The van der Waals surface area contributed by atoms with Crippen molar-refractivity contribution in [3.05, 3.63) is 33.3 Å². The van der Waals surface area contributed by atoms with Crippen LogP contribution in [0.15, 0.2) is 17.1 Å².